The molecule has 10 heteroatoms. The van der Waals surface area contributed by atoms with Gasteiger partial charge in [-0.1, -0.05) is 48.8 Å². The first-order valence-corrected chi connectivity index (χ1v) is 11.1. The molecule has 0 fully saturated rings. The van der Waals surface area contributed by atoms with Crippen molar-refractivity contribution < 1.29 is 4.79 Å². The molecule has 0 saturated carbocycles. The summed E-state index contributed by atoms with van der Waals surface area (Å²) in [7, 11) is 0. The zero-order chi connectivity index (χ0) is 20.3. The lowest BCUT2D eigenvalue weighted by Gasteiger charge is -2.15. The van der Waals surface area contributed by atoms with Gasteiger partial charge in [0, 0.05) is 28.7 Å². The number of carbonyl (C=O) groups is 1. The van der Waals surface area contributed by atoms with Gasteiger partial charge in [0.05, 0.1) is 10.3 Å². The molecule has 0 radical (unpaired) electrons. The van der Waals surface area contributed by atoms with Gasteiger partial charge in [0.2, 0.25) is 5.91 Å². The molecule has 2 aromatic heterocycles. The predicted molar refractivity (Wildman–Crippen MR) is 116 cm³/mol. The molecular weight excluding hydrogens is 437 g/mol. The maximum atomic E-state index is 12.5. The van der Waals surface area contributed by atoms with Crippen molar-refractivity contribution in [3.05, 3.63) is 39.8 Å². The summed E-state index contributed by atoms with van der Waals surface area (Å²) in [6.45, 7) is 6.75. The zero-order valence-corrected chi connectivity index (χ0v) is 18.7. The molecule has 28 heavy (non-hydrogen) atoms. The van der Waals surface area contributed by atoms with Crippen LogP contribution >= 0.6 is 46.3 Å². The average molecular weight is 456 g/mol. The van der Waals surface area contributed by atoms with E-state index in [4.69, 9.17) is 23.2 Å². The van der Waals surface area contributed by atoms with E-state index in [0.717, 1.165) is 5.56 Å². The summed E-state index contributed by atoms with van der Waals surface area (Å²) < 4.78 is 2.00. The first kappa shape index (κ1) is 21.1. The molecule has 0 aliphatic heterocycles. The fourth-order valence-electron chi connectivity index (χ4n) is 2.48. The van der Waals surface area contributed by atoms with E-state index < -0.39 is 0 Å². The Morgan fingerprint density at radius 1 is 1.29 bits per heavy atom. The molecule has 1 aromatic carbocycles. The zero-order valence-electron chi connectivity index (χ0n) is 15.5. The van der Waals surface area contributed by atoms with Crippen LogP contribution in [0.5, 0.6) is 0 Å². The molecule has 0 saturated heterocycles. The monoisotopic (exact) mass is 455 g/mol. The van der Waals surface area contributed by atoms with Crippen molar-refractivity contribution in [1.29, 1.82) is 0 Å². The highest BCUT2D eigenvalue weighted by Gasteiger charge is 2.22. The molecule has 0 aliphatic rings. The van der Waals surface area contributed by atoms with Crippen LogP contribution in [0.3, 0.4) is 0 Å². The predicted octanol–water partition coefficient (Wildman–Crippen LogP) is 5.48. The van der Waals surface area contributed by atoms with E-state index >= 15 is 0 Å². The summed E-state index contributed by atoms with van der Waals surface area (Å²) in [5, 5.41) is 15.2. The number of rotatable bonds is 7. The van der Waals surface area contributed by atoms with Gasteiger partial charge < -0.3 is 9.88 Å². The number of amides is 1. The van der Waals surface area contributed by atoms with Crippen LogP contribution in [0.2, 0.25) is 10.0 Å². The van der Waals surface area contributed by atoms with E-state index in [9.17, 15) is 4.79 Å². The first-order valence-electron chi connectivity index (χ1n) is 8.60. The molecule has 1 unspecified atom stereocenters. The van der Waals surface area contributed by atoms with Crippen LogP contribution in [0.4, 0.5) is 5.13 Å². The van der Waals surface area contributed by atoms with Crippen molar-refractivity contribution in [3.8, 4) is 11.4 Å². The fraction of sp³-hybridized carbons (Fsp3) is 0.333. The fourth-order valence-corrected chi connectivity index (χ4v) is 4.36. The van der Waals surface area contributed by atoms with Crippen molar-refractivity contribution >= 4 is 57.3 Å². The Morgan fingerprint density at radius 3 is 2.71 bits per heavy atom. The second-order valence-electron chi connectivity index (χ2n) is 6.52. The summed E-state index contributed by atoms with van der Waals surface area (Å²) in [6, 6.07) is 5.29. The van der Waals surface area contributed by atoms with Gasteiger partial charge in [0.25, 0.3) is 0 Å². The number of halogens is 2. The van der Waals surface area contributed by atoms with Crippen LogP contribution in [0.1, 0.15) is 20.8 Å². The van der Waals surface area contributed by atoms with Crippen LogP contribution in [-0.2, 0) is 11.3 Å². The summed E-state index contributed by atoms with van der Waals surface area (Å²) >= 11 is 15.1. The van der Waals surface area contributed by atoms with Crippen molar-refractivity contribution in [2.45, 2.75) is 37.7 Å². The lowest BCUT2D eigenvalue weighted by Crippen LogP contribution is -2.23. The highest BCUT2D eigenvalue weighted by molar-refractivity contribution is 8.00. The van der Waals surface area contributed by atoms with Crippen LogP contribution in [0.25, 0.3) is 11.4 Å². The van der Waals surface area contributed by atoms with Gasteiger partial charge in [-0.2, -0.15) is 0 Å². The minimum Gasteiger partial charge on any atom is -0.302 e. The van der Waals surface area contributed by atoms with Gasteiger partial charge in [0.1, 0.15) is 0 Å². The largest absolute Gasteiger partial charge is 0.302 e. The Balaban J connectivity index is 1.86. The number of anilines is 1. The van der Waals surface area contributed by atoms with Crippen LogP contribution in [0, 0.1) is 5.92 Å². The highest BCUT2D eigenvalue weighted by Crippen LogP contribution is 2.33. The van der Waals surface area contributed by atoms with Crippen molar-refractivity contribution in [3.63, 3.8) is 0 Å². The number of hydrogen-bond donors (Lipinski definition) is 1. The lowest BCUT2D eigenvalue weighted by atomic mass is 10.2. The van der Waals surface area contributed by atoms with E-state index in [0.29, 0.717) is 38.6 Å². The van der Waals surface area contributed by atoms with Crippen LogP contribution < -0.4 is 5.32 Å². The Hall–Kier alpha value is -1.61. The number of thiazole rings is 1. The number of benzene rings is 1. The molecule has 0 bridgehead atoms. The Bertz CT molecular complexity index is 959. The third kappa shape index (κ3) is 5.05. The van der Waals surface area contributed by atoms with E-state index in [2.05, 4.69) is 34.3 Å². The Kier molecular flexibility index (Phi) is 6.98. The van der Waals surface area contributed by atoms with Crippen LogP contribution in [0.15, 0.2) is 34.9 Å². The number of aromatic nitrogens is 4. The Labute approximate surface area is 181 Å². The quantitative estimate of drug-likeness (QED) is 0.477. The van der Waals surface area contributed by atoms with Crippen molar-refractivity contribution in [2.75, 3.05) is 5.32 Å². The first-order chi connectivity index (χ1) is 13.3. The van der Waals surface area contributed by atoms with Crippen molar-refractivity contribution in [1.82, 2.24) is 19.7 Å². The normalized spacial score (nSPS) is 12.4. The number of thioether (sulfide) groups is 1. The second-order valence-corrected chi connectivity index (χ2v) is 9.57. The smallest absolute Gasteiger partial charge is 0.239 e. The van der Waals surface area contributed by atoms with E-state index in [1.165, 1.54) is 23.1 Å². The van der Waals surface area contributed by atoms with Gasteiger partial charge in [-0.25, -0.2) is 4.98 Å². The van der Waals surface area contributed by atoms with Crippen LogP contribution in [-0.4, -0.2) is 30.9 Å². The summed E-state index contributed by atoms with van der Waals surface area (Å²) in [5.74, 6) is 0.884. The number of nitrogens with one attached hydrogen (secondary N) is 1. The van der Waals surface area contributed by atoms with Gasteiger partial charge in [-0.05, 0) is 31.0 Å². The topological polar surface area (TPSA) is 72.7 Å². The maximum absolute atomic E-state index is 12.5. The SMILES string of the molecule is CC(C)Cn1c(SC(C)C(=O)Nc2nccs2)nnc1-c1ccc(Cl)cc1Cl. The maximum Gasteiger partial charge on any atom is 0.239 e. The minimum atomic E-state index is -0.368. The van der Waals surface area contributed by atoms with Gasteiger partial charge in [-0.15, -0.1) is 21.5 Å². The molecule has 6 nitrogen and oxygen atoms in total. The minimum absolute atomic E-state index is 0.134. The third-order valence-electron chi connectivity index (χ3n) is 3.75. The van der Waals surface area contributed by atoms with Crippen molar-refractivity contribution in [2.24, 2.45) is 5.92 Å². The molecule has 1 N–H and O–H groups in total. The number of nitrogens with zero attached hydrogens (tertiary/aromatic N) is 4. The molecule has 3 aromatic rings. The average Bonchev–Trinajstić information content (AvgIpc) is 3.26. The second kappa shape index (κ2) is 9.26. The Morgan fingerprint density at radius 2 is 2.07 bits per heavy atom. The van der Waals surface area contributed by atoms with E-state index in [1.54, 1.807) is 18.3 Å². The molecule has 0 aliphatic carbocycles. The van der Waals surface area contributed by atoms with Gasteiger partial charge in [0.15, 0.2) is 16.1 Å². The molecule has 1 amide bonds. The molecule has 1 atom stereocenters. The van der Waals surface area contributed by atoms with E-state index in [-0.39, 0.29) is 11.2 Å². The standard InChI is InChI=1S/C18H19Cl2N5OS2/c1-10(2)9-25-15(13-5-4-12(19)8-14(13)20)23-24-18(25)28-11(3)16(26)22-17-21-6-7-27-17/h4-8,10-11H,9H2,1-3H3,(H,21,22,26). The summed E-state index contributed by atoms with van der Waals surface area (Å²) in [4.78, 5) is 16.5. The molecule has 3 rings (SSSR count). The van der Waals surface area contributed by atoms with Gasteiger partial charge >= 0.3 is 0 Å². The van der Waals surface area contributed by atoms with Gasteiger partial charge in [-0.3, -0.25) is 4.79 Å². The molecular formula is C18H19Cl2N5OS2. The summed E-state index contributed by atoms with van der Waals surface area (Å²) in [6.07, 6.45) is 1.65. The van der Waals surface area contributed by atoms with E-state index in [1.807, 2.05) is 22.9 Å². The number of carbonyl (C=O) groups excluding carboxylic acids is 1. The third-order valence-corrected chi connectivity index (χ3v) is 6.07. The summed E-state index contributed by atoms with van der Waals surface area (Å²) in [5.41, 5.74) is 0.756. The highest BCUT2D eigenvalue weighted by atomic mass is 35.5. The molecule has 148 valence electrons. The molecule has 2 heterocycles. The molecule has 0 spiro atoms. The number of hydrogen-bond acceptors (Lipinski definition) is 6. The lowest BCUT2D eigenvalue weighted by molar-refractivity contribution is -0.115.